The molecule has 2 saturated heterocycles. The van der Waals surface area contributed by atoms with Gasteiger partial charge in [0.1, 0.15) is 0 Å². The topological polar surface area (TPSA) is 24.5 Å². The molecular weight excluding hydrogens is 212 g/mol. The molecule has 3 heteroatoms. The maximum Gasteiger partial charge on any atom is 0.0829 e. The first kappa shape index (κ1) is 13.1. The Labute approximate surface area is 105 Å². The van der Waals surface area contributed by atoms with E-state index in [1.807, 2.05) is 7.11 Å². The number of piperidine rings is 2. The molecule has 0 atom stereocenters. The van der Waals surface area contributed by atoms with Crippen LogP contribution >= 0.6 is 0 Å². The van der Waals surface area contributed by atoms with Crippen molar-refractivity contribution in [3.05, 3.63) is 12.7 Å². The summed E-state index contributed by atoms with van der Waals surface area (Å²) in [6.45, 7) is 9.61. The van der Waals surface area contributed by atoms with Crippen LogP contribution in [0.3, 0.4) is 0 Å². The summed E-state index contributed by atoms with van der Waals surface area (Å²) in [5.41, 5.74) is 0.103. The quantitative estimate of drug-likeness (QED) is 0.754. The Morgan fingerprint density at radius 1 is 1.35 bits per heavy atom. The fraction of sp³-hybridized carbons (Fsp3) is 0.857. The van der Waals surface area contributed by atoms with Crippen LogP contribution in [-0.2, 0) is 4.74 Å². The Balaban J connectivity index is 1.84. The van der Waals surface area contributed by atoms with Gasteiger partial charge in [-0.25, -0.2) is 0 Å². The van der Waals surface area contributed by atoms with Crippen LogP contribution in [0.25, 0.3) is 0 Å². The second-order valence-corrected chi connectivity index (χ2v) is 5.49. The summed E-state index contributed by atoms with van der Waals surface area (Å²) in [5.74, 6) is 0.734. The number of methoxy groups -OCH3 is 1. The van der Waals surface area contributed by atoms with E-state index < -0.39 is 0 Å². The minimum atomic E-state index is 0.103. The molecule has 0 aromatic heterocycles. The lowest BCUT2D eigenvalue weighted by molar-refractivity contribution is -0.0608. The van der Waals surface area contributed by atoms with Gasteiger partial charge in [-0.2, -0.15) is 0 Å². The third kappa shape index (κ3) is 3.30. The molecule has 0 saturated carbocycles. The lowest BCUT2D eigenvalue weighted by Gasteiger charge is -2.42. The summed E-state index contributed by atoms with van der Waals surface area (Å²) >= 11 is 0. The van der Waals surface area contributed by atoms with E-state index in [0.717, 1.165) is 38.4 Å². The fourth-order valence-corrected chi connectivity index (χ4v) is 3.06. The van der Waals surface area contributed by atoms with Crippen molar-refractivity contribution in [3.8, 4) is 0 Å². The van der Waals surface area contributed by atoms with Gasteiger partial charge in [-0.3, -0.25) is 0 Å². The number of hydrogen-bond donors (Lipinski definition) is 1. The summed E-state index contributed by atoms with van der Waals surface area (Å²) in [6.07, 6.45) is 6.94. The highest BCUT2D eigenvalue weighted by Crippen LogP contribution is 2.26. The maximum atomic E-state index is 5.83. The van der Waals surface area contributed by atoms with Crippen LogP contribution in [-0.4, -0.2) is 50.3 Å². The Morgan fingerprint density at radius 2 is 2.00 bits per heavy atom. The highest BCUT2D eigenvalue weighted by molar-refractivity contribution is 4.91. The van der Waals surface area contributed by atoms with Gasteiger partial charge >= 0.3 is 0 Å². The molecule has 2 rings (SSSR count). The van der Waals surface area contributed by atoms with Crippen LogP contribution in [0.1, 0.15) is 25.7 Å². The molecule has 0 amide bonds. The second-order valence-electron chi connectivity index (χ2n) is 5.49. The van der Waals surface area contributed by atoms with Gasteiger partial charge in [-0.1, -0.05) is 6.08 Å². The Bertz CT molecular complexity index is 241. The van der Waals surface area contributed by atoms with Gasteiger partial charge in [0.25, 0.3) is 0 Å². The zero-order valence-corrected chi connectivity index (χ0v) is 11.1. The van der Waals surface area contributed by atoms with Gasteiger partial charge in [0.05, 0.1) is 5.60 Å². The maximum absolute atomic E-state index is 5.83. The van der Waals surface area contributed by atoms with Crippen LogP contribution in [0.4, 0.5) is 0 Å². The van der Waals surface area contributed by atoms with Gasteiger partial charge in [0, 0.05) is 13.7 Å². The molecule has 0 unspecified atom stereocenters. The van der Waals surface area contributed by atoms with Crippen LogP contribution < -0.4 is 5.32 Å². The van der Waals surface area contributed by atoms with Gasteiger partial charge in [-0.15, -0.1) is 6.58 Å². The van der Waals surface area contributed by atoms with Crippen molar-refractivity contribution in [1.29, 1.82) is 0 Å². The number of rotatable bonds is 4. The van der Waals surface area contributed by atoms with E-state index in [0.29, 0.717) is 0 Å². The Kier molecular flexibility index (Phi) is 4.60. The normalized spacial score (nSPS) is 26.9. The molecule has 98 valence electrons. The van der Waals surface area contributed by atoms with Crippen molar-refractivity contribution < 1.29 is 4.74 Å². The molecule has 0 aromatic rings. The van der Waals surface area contributed by atoms with Crippen molar-refractivity contribution in [2.45, 2.75) is 31.3 Å². The van der Waals surface area contributed by atoms with E-state index in [1.54, 1.807) is 0 Å². The molecular formula is C14H26N2O. The summed E-state index contributed by atoms with van der Waals surface area (Å²) in [5, 5.41) is 3.42. The zero-order chi connectivity index (χ0) is 12.1. The van der Waals surface area contributed by atoms with Crippen LogP contribution in [0.5, 0.6) is 0 Å². The largest absolute Gasteiger partial charge is 0.377 e. The van der Waals surface area contributed by atoms with E-state index >= 15 is 0 Å². The lowest BCUT2D eigenvalue weighted by Crippen LogP contribution is -2.52. The van der Waals surface area contributed by atoms with E-state index in [4.69, 9.17) is 4.74 Å². The average molecular weight is 238 g/mol. The van der Waals surface area contributed by atoms with Gasteiger partial charge < -0.3 is 15.0 Å². The molecule has 0 aromatic carbocycles. The van der Waals surface area contributed by atoms with Crippen LogP contribution in [0.15, 0.2) is 12.7 Å². The molecule has 0 radical (unpaired) electrons. The standard InChI is InChI=1S/C14H26N2O/c1-3-13-4-10-16(11-5-13)12-14(17-2)6-8-15-9-7-14/h3,13,15H,1,4-12H2,2H3. The SMILES string of the molecule is C=CC1CCN(CC2(OC)CCNCC2)CC1. The number of ether oxygens (including phenoxy) is 1. The highest BCUT2D eigenvalue weighted by atomic mass is 16.5. The van der Waals surface area contributed by atoms with E-state index in [1.165, 1.54) is 25.9 Å². The number of likely N-dealkylation sites (tertiary alicyclic amines) is 1. The zero-order valence-electron chi connectivity index (χ0n) is 11.1. The lowest BCUT2D eigenvalue weighted by atomic mass is 9.89. The Morgan fingerprint density at radius 3 is 2.53 bits per heavy atom. The predicted octanol–water partition coefficient (Wildman–Crippen LogP) is 1.65. The molecule has 2 fully saturated rings. The van der Waals surface area contributed by atoms with Crippen LogP contribution in [0.2, 0.25) is 0 Å². The summed E-state index contributed by atoms with van der Waals surface area (Å²) in [4.78, 5) is 2.58. The minimum absolute atomic E-state index is 0.103. The van der Waals surface area contributed by atoms with Gasteiger partial charge in [-0.05, 0) is 57.8 Å². The molecule has 3 nitrogen and oxygen atoms in total. The Hall–Kier alpha value is -0.380. The first-order chi connectivity index (χ1) is 8.28. The van der Waals surface area contributed by atoms with Crippen LogP contribution in [0, 0.1) is 5.92 Å². The number of nitrogens with zero attached hydrogens (tertiary/aromatic N) is 1. The van der Waals surface area contributed by atoms with Gasteiger partial charge in [0.15, 0.2) is 0 Å². The van der Waals surface area contributed by atoms with Gasteiger partial charge in [0.2, 0.25) is 0 Å². The van der Waals surface area contributed by atoms with E-state index in [-0.39, 0.29) is 5.60 Å². The van der Waals surface area contributed by atoms with Crippen molar-refractivity contribution in [2.75, 3.05) is 39.8 Å². The monoisotopic (exact) mass is 238 g/mol. The second kappa shape index (κ2) is 5.98. The molecule has 2 aliphatic heterocycles. The van der Waals surface area contributed by atoms with E-state index in [9.17, 15) is 0 Å². The van der Waals surface area contributed by atoms with Crippen molar-refractivity contribution in [1.82, 2.24) is 10.2 Å². The molecule has 0 spiro atoms. The first-order valence-corrected chi connectivity index (χ1v) is 6.89. The number of nitrogens with one attached hydrogen (secondary N) is 1. The first-order valence-electron chi connectivity index (χ1n) is 6.89. The molecule has 1 N–H and O–H groups in total. The summed E-state index contributed by atoms with van der Waals surface area (Å²) < 4.78 is 5.83. The predicted molar refractivity (Wildman–Crippen MR) is 71.2 cm³/mol. The molecule has 17 heavy (non-hydrogen) atoms. The number of allylic oxidation sites excluding steroid dienone is 1. The smallest absolute Gasteiger partial charge is 0.0829 e. The summed E-state index contributed by atoms with van der Waals surface area (Å²) in [6, 6.07) is 0. The van der Waals surface area contributed by atoms with Crippen molar-refractivity contribution in [3.63, 3.8) is 0 Å². The molecule has 2 heterocycles. The van der Waals surface area contributed by atoms with Crippen molar-refractivity contribution >= 4 is 0 Å². The molecule has 0 aliphatic carbocycles. The summed E-state index contributed by atoms with van der Waals surface area (Å²) in [7, 11) is 1.88. The van der Waals surface area contributed by atoms with E-state index in [2.05, 4.69) is 22.9 Å². The number of hydrogen-bond acceptors (Lipinski definition) is 3. The molecule has 2 aliphatic rings. The highest BCUT2D eigenvalue weighted by Gasteiger charge is 2.34. The third-order valence-corrected chi connectivity index (χ3v) is 4.43. The molecule has 0 bridgehead atoms. The average Bonchev–Trinajstić information content (AvgIpc) is 2.41. The minimum Gasteiger partial charge on any atom is -0.377 e. The van der Waals surface area contributed by atoms with Crippen molar-refractivity contribution in [2.24, 2.45) is 5.92 Å². The third-order valence-electron chi connectivity index (χ3n) is 4.43. The fourth-order valence-electron chi connectivity index (χ4n) is 3.06.